The molecule has 1 atom stereocenters. The molecule has 1 aliphatic heterocycles. The van der Waals surface area contributed by atoms with Gasteiger partial charge in [-0.25, -0.2) is 12.7 Å². The molecule has 0 aromatic heterocycles. The van der Waals surface area contributed by atoms with Crippen molar-refractivity contribution in [2.24, 2.45) is 23.7 Å². The minimum Gasteiger partial charge on any atom is -0.326 e. The predicted octanol–water partition coefficient (Wildman–Crippen LogP) is 5.33. The Labute approximate surface area is 209 Å². The van der Waals surface area contributed by atoms with E-state index in [0.717, 1.165) is 29.0 Å². The molecule has 4 saturated carbocycles. The number of piperidine rings is 1. The lowest BCUT2D eigenvalue weighted by Crippen LogP contribution is -2.48. The normalized spacial score (nSPS) is 32.5. The van der Waals surface area contributed by atoms with E-state index in [1.807, 2.05) is 30.3 Å². The van der Waals surface area contributed by atoms with Gasteiger partial charge in [-0.15, -0.1) is 0 Å². The fourth-order valence-corrected chi connectivity index (χ4v) is 9.51. The molecule has 5 aliphatic rings. The standard InChI is InChI=1S/C29H36N2O3S/c32-28(25-7-4-12-31(19-25)35(33,34)20-21-5-2-1-3-6-21)30-27-10-8-26(9-11-27)29-16-22-13-23(17-29)15-24(14-22)18-29/h1-3,5-6,8-11,22-25H,4,7,12-20H2,(H,30,32)/t22?,23?,24?,25-,29?/m1/s1. The zero-order chi connectivity index (χ0) is 24.0. The van der Waals surface area contributed by atoms with E-state index in [1.165, 1.54) is 48.4 Å². The quantitative estimate of drug-likeness (QED) is 0.592. The summed E-state index contributed by atoms with van der Waals surface area (Å²) in [5.41, 5.74) is 3.39. The number of hydrogen-bond acceptors (Lipinski definition) is 3. The maximum Gasteiger partial charge on any atom is 0.228 e. The Hall–Kier alpha value is -2.18. The first-order valence-electron chi connectivity index (χ1n) is 13.3. The first kappa shape index (κ1) is 23.2. The number of carbonyl (C=O) groups is 1. The van der Waals surface area contributed by atoms with E-state index in [-0.39, 0.29) is 24.1 Å². The molecule has 7 rings (SSSR count). The number of nitrogens with one attached hydrogen (secondary N) is 1. The van der Waals surface area contributed by atoms with Crippen LogP contribution < -0.4 is 5.32 Å². The minimum atomic E-state index is -3.45. The molecule has 6 heteroatoms. The van der Waals surface area contributed by atoms with Crippen LogP contribution in [0.1, 0.15) is 62.5 Å². The number of sulfonamides is 1. The molecule has 2 aromatic carbocycles. The van der Waals surface area contributed by atoms with Crippen LogP contribution in [-0.4, -0.2) is 31.7 Å². The van der Waals surface area contributed by atoms with Crippen molar-refractivity contribution in [2.45, 2.75) is 62.5 Å². The van der Waals surface area contributed by atoms with Crippen LogP contribution in [0.2, 0.25) is 0 Å². The van der Waals surface area contributed by atoms with Gasteiger partial charge in [-0.2, -0.15) is 0 Å². The van der Waals surface area contributed by atoms with Gasteiger partial charge in [0, 0.05) is 18.8 Å². The van der Waals surface area contributed by atoms with Gasteiger partial charge >= 0.3 is 0 Å². The van der Waals surface area contributed by atoms with Crippen LogP contribution >= 0.6 is 0 Å². The molecule has 35 heavy (non-hydrogen) atoms. The maximum absolute atomic E-state index is 13.1. The Balaban J connectivity index is 1.09. The summed E-state index contributed by atoms with van der Waals surface area (Å²) >= 11 is 0. The fraction of sp³-hybridized carbons (Fsp3) is 0.552. The lowest BCUT2D eigenvalue weighted by atomic mass is 9.48. The van der Waals surface area contributed by atoms with Crippen molar-refractivity contribution in [1.29, 1.82) is 0 Å². The zero-order valence-corrected chi connectivity index (χ0v) is 21.2. The molecular formula is C29H36N2O3S. The predicted molar refractivity (Wildman–Crippen MR) is 138 cm³/mol. The SMILES string of the molecule is O=C(Nc1ccc(C23CC4CC(CC(C4)C2)C3)cc1)[C@@H]1CCCN(S(=O)(=O)Cc2ccccc2)C1. The van der Waals surface area contributed by atoms with Gasteiger partial charge < -0.3 is 5.32 Å². The van der Waals surface area contributed by atoms with Crippen LogP contribution in [0.25, 0.3) is 0 Å². The summed E-state index contributed by atoms with van der Waals surface area (Å²) in [6.45, 7) is 0.741. The second-order valence-electron chi connectivity index (χ2n) is 11.7. The van der Waals surface area contributed by atoms with Crippen molar-refractivity contribution in [3.05, 3.63) is 65.7 Å². The molecule has 4 bridgehead atoms. The van der Waals surface area contributed by atoms with Crippen LogP contribution in [0, 0.1) is 23.7 Å². The highest BCUT2D eigenvalue weighted by Gasteiger charge is 2.51. The van der Waals surface area contributed by atoms with E-state index in [9.17, 15) is 13.2 Å². The van der Waals surface area contributed by atoms with Gasteiger partial charge in [0.15, 0.2) is 0 Å². The van der Waals surface area contributed by atoms with Gasteiger partial charge in [0.25, 0.3) is 0 Å². The third kappa shape index (κ3) is 4.67. The van der Waals surface area contributed by atoms with Crippen LogP contribution in [0.15, 0.2) is 54.6 Å². The van der Waals surface area contributed by atoms with Gasteiger partial charge in [-0.05, 0) is 97.8 Å². The van der Waals surface area contributed by atoms with Gasteiger partial charge in [-0.3, -0.25) is 4.79 Å². The second-order valence-corrected chi connectivity index (χ2v) is 13.7. The molecule has 5 nitrogen and oxygen atoms in total. The van der Waals surface area contributed by atoms with Gasteiger partial charge in [0.2, 0.25) is 15.9 Å². The number of amides is 1. The molecule has 0 radical (unpaired) electrons. The molecule has 2 aromatic rings. The summed E-state index contributed by atoms with van der Waals surface area (Å²) < 4.78 is 27.5. The minimum absolute atomic E-state index is 0.0199. The third-order valence-electron chi connectivity index (χ3n) is 9.14. The zero-order valence-electron chi connectivity index (χ0n) is 20.4. The molecule has 4 aliphatic carbocycles. The first-order chi connectivity index (χ1) is 16.9. The molecule has 186 valence electrons. The van der Waals surface area contributed by atoms with E-state index < -0.39 is 10.0 Å². The number of benzene rings is 2. The van der Waals surface area contributed by atoms with Crippen molar-refractivity contribution >= 4 is 21.6 Å². The van der Waals surface area contributed by atoms with Crippen molar-refractivity contribution < 1.29 is 13.2 Å². The molecule has 1 heterocycles. The van der Waals surface area contributed by atoms with Crippen LogP contribution in [0.5, 0.6) is 0 Å². The summed E-state index contributed by atoms with van der Waals surface area (Å²) in [4.78, 5) is 13.1. The molecule has 0 spiro atoms. The van der Waals surface area contributed by atoms with Gasteiger partial charge in [0.05, 0.1) is 11.7 Å². The second kappa shape index (κ2) is 9.04. The first-order valence-corrected chi connectivity index (χ1v) is 14.9. The molecule has 1 amide bonds. The largest absolute Gasteiger partial charge is 0.326 e. The summed E-state index contributed by atoms with van der Waals surface area (Å²) in [6, 6.07) is 17.8. The average molecular weight is 493 g/mol. The monoisotopic (exact) mass is 492 g/mol. The number of carbonyl (C=O) groups excluding carboxylic acids is 1. The van der Waals surface area contributed by atoms with Crippen LogP contribution in [0.3, 0.4) is 0 Å². The van der Waals surface area contributed by atoms with Crippen LogP contribution in [0.4, 0.5) is 5.69 Å². The molecule has 1 N–H and O–H groups in total. The van der Waals surface area contributed by atoms with Gasteiger partial charge in [-0.1, -0.05) is 42.5 Å². The summed E-state index contributed by atoms with van der Waals surface area (Å²) in [5.74, 6) is 2.31. The van der Waals surface area contributed by atoms with E-state index in [2.05, 4.69) is 29.6 Å². The molecule has 0 unspecified atom stereocenters. The topological polar surface area (TPSA) is 66.5 Å². The Morgan fingerprint density at radius 3 is 2.17 bits per heavy atom. The lowest BCUT2D eigenvalue weighted by molar-refractivity contribution is -0.120. The highest BCUT2D eigenvalue weighted by atomic mass is 32.2. The van der Waals surface area contributed by atoms with Crippen molar-refractivity contribution in [2.75, 3.05) is 18.4 Å². The fourth-order valence-electron chi connectivity index (χ4n) is 7.90. The van der Waals surface area contributed by atoms with E-state index in [1.54, 1.807) is 0 Å². The molecular weight excluding hydrogens is 456 g/mol. The Bertz CT molecular complexity index is 1140. The molecule has 1 saturated heterocycles. The number of hydrogen-bond donors (Lipinski definition) is 1. The van der Waals surface area contributed by atoms with Crippen molar-refractivity contribution in [3.63, 3.8) is 0 Å². The van der Waals surface area contributed by atoms with Crippen molar-refractivity contribution in [1.82, 2.24) is 4.31 Å². The number of nitrogens with zero attached hydrogens (tertiary/aromatic N) is 1. The van der Waals surface area contributed by atoms with E-state index in [4.69, 9.17) is 0 Å². The summed E-state index contributed by atoms with van der Waals surface area (Å²) in [6.07, 6.45) is 9.73. The van der Waals surface area contributed by atoms with Crippen molar-refractivity contribution in [3.8, 4) is 0 Å². The average Bonchev–Trinajstić information content (AvgIpc) is 2.84. The maximum atomic E-state index is 13.1. The Morgan fingerprint density at radius 1 is 0.914 bits per heavy atom. The molecule has 5 fully saturated rings. The number of anilines is 1. The van der Waals surface area contributed by atoms with Crippen LogP contribution in [-0.2, 0) is 26.0 Å². The Kier molecular flexibility index (Phi) is 6.00. The smallest absolute Gasteiger partial charge is 0.228 e. The Morgan fingerprint density at radius 2 is 1.54 bits per heavy atom. The van der Waals surface area contributed by atoms with Gasteiger partial charge in [0.1, 0.15) is 0 Å². The summed E-state index contributed by atoms with van der Waals surface area (Å²) in [7, 11) is -3.45. The highest BCUT2D eigenvalue weighted by Crippen LogP contribution is 2.60. The summed E-state index contributed by atoms with van der Waals surface area (Å²) in [5, 5.41) is 3.07. The number of rotatable bonds is 6. The van der Waals surface area contributed by atoms with E-state index >= 15 is 0 Å². The third-order valence-corrected chi connectivity index (χ3v) is 11.0. The van der Waals surface area contributed by atoms with E-state index in [0.29, 0.717) is 24.8 Å². The highest BCUT2D eigenvalue weighted by molar-refractivity contribution is 7.88. The lowest BCUT2D eigenvalue weighted by Gasteiger charge is -2.57.